The summed E-state index contributed by atoms with van der Waals surface area (Å²) in [6.45, 7) is 5.07. The van der Waals surface area contributed by atoms with Crippen LogP contribution in [-0.2, 0) is 16.8 Å². The molecule has 0 aromatic heterocycles. The zero-order valence-corrected chi connectivity index (χ0v) is 11.7. The highest BCUT2D eigenvalue weighted by Crippen LogP contribution is 2.24. The van der Waals surface area contributed by atoms with Crippen LogP contribution in [0.3, 0.4) is 0 Å². The molecule has 19 heavy (non-hydrogen) atoms. The number of rotatable bonds is 4. The summed E-state index contributed by atoms with van der Waals surface area (Å²) in [5, 5.41) is 12.2. The molecule has 0 atom stereocenters. The molecule has 8 heteroatoms. The molecule has 0 spiro atoms. The molecule has 110 valence electrons. The fraction of sp³-hybridized carbons (Fsp3) is 0.455. The number of nitrogens with two attached hydrogens (primary N) is 1. The lowest BCUT2D eigenvalue weighted by Crippen LogP contribution is -2.06. The Kier molecular flexibility index (Phi) is 7.38. The first kappa shape index (κ1) is 17.6. The fourth-order valence-electron chi connectivity index (χ4n) is 1.56. The summed E-state index contributed by atoms with van der Waals surface area (Å²) in [6, 6.07) is 3.87. The SMILES string of the molecule is CCNc1ccc(N)c(C)c1CCO.O=S(=O)(O)O. The van der Waals surface area contributed by atoms with E-state index in [4.69, 9.17) is 28.4 Å². The maximum Gasteiger partial charge on any atom is 0.394 e. The predicted molar refractivity (Wildman–Crippen MR) is 74.7 cm³/mol. The van der Waals surface area contributed by atoms with Crippen molar-refractivity contribution >= 4 is 21.8 Å². The first-order valence-electron chi connectivity index (χ1n) is 5.63. The molecule has 0 heterocycles. The monoisotopic (exact) mass is 292 g/mol. The van der Waals surface area contributed by atoms with E-state index in [0.717, 1.165) is 29.0 Å². The van der Waals surface area contributed by atoms with Crippen molar-refractivity contribution < 1.29 is 22.6 Å². The van der Waals surface area contributed by atoms with Gasteiger partial charge in [-0.25, -0.2) is 0 Å². The Morgan fingerprint density at radius 1 is 1.32 bits per heavy atom. The molecule has 0 radical (unpaired) electrons. The lowest BCUT2D eigenvalue weighted by molar-refractivity contribution is 0.299. The molecule has 0 saturated carbocycles. The first-order valence-corrected chi connectivity index (χ1v) is 7.03. The number of aliphatic hydroxyl groups is 1. The van der Waals surface area contributed by atoms with Crippen molar-refractivity contribution in [1.29, 1.82) is 0 Å². The Hall–Kier alpha value is -1.35. The Balaban J connectivity index is 0.000000555. The van der Waals surface area contributed by atoms with Crippen LogP contribution in [0.5, 0.6) is 0 Å². The second-order valence-corrected chi connectivity index (χ2v) is 4.65. The highest BCUT2D eigenvalue weighted by Gasteiger charge is 2.06. The van der Waals surface area contributed by atoms with Gasteiger partial charge in [0.15, 0.2) is 0 Å². The number of aliphatic hydroxyl groups excluding tert-OH is 1. The molecule has 6 N–H and O–H groups in total. The second kappa shape index (κ2) is 7.95. The third-order valence-corrected chi connectivity index (χ3v) is 2.37. The molecule has 0 bridgehead atoms. The largest absolute Gasteiger partial charge is 0.399 e. The molecule has 7 nitrogen and oxygen atoms in total. The van der Waals surface area contributed by atoms with Crippen LogP contribution in [0.2, 0.25) is 0 Å². The molecule has 0 saturated heterocycles. The van der Waals surface area contributed by atoms with Gasteiger partial charge >= 0.3 is 10.4 Å². The van der Waals surface area contributed by atoms with E-state index in [9.17, 15) is 0 Å². The predicted octanol–water partition coefficient (Wildman–Crippen LogP) is 0.891. The van der Waals surface area contributed by atoms with E-state index in [-0.39, 0.29) is 6.61 Å². The van der Waals surface area contributed by atoms with E-state index in [0.29, 0.717) is 6.42 Å². The van der Waals surface area contributed by atoms with E-state index in [1.54, 1.807) is 0 Å². The highest BCUT2D eigenvalue weighted by molar-refractivity contribution is 7.79. The zero-order valence-electron chi connectivity index (χ0n) is 10.9. The number of hydrogen-bond donors (Lipinski definition) is 5. The van der Waals surface area contributed by atoms with Crippen molar-refractivity contribution in [3.05, 3.63) is 23.3 Å². The number of hydrogen-bond acceptors (Lipinski definition) is 5. The first-order chi connectivity index (χ1) is 8.70. The molecule has 0 fully saturated rings. The van der Waals surface area contributed by atoms with Crippen molar-refractivity contribution in [2.45, 2.75) is 20.3 Å². The van der Waals surface area contributed by atoms with E-state index in [2.05, 4.69) is 12.2 Å². The van der Waals surface area contributed by atoms with Gasteiger partial charge in [0.2, 0.25) is 0 Å². The lowest BCUT2D eigenvalue weighted by Gasteiger charge is -2.14. The second-order valence-electron chi connectivity index (χ2n) is 3.76. The van der Waals surface area contributed by atoms with Gasteiger partial charge in [-0.15, -0.1) is 0 Å². The standard InChI is InChI=1S/C11H18N2O.H2O4S/c1-3-13-11-5-4-10(12)8(2)9(11)6-7-14;1-5(2,3)4/h4-5,13-14H,3,6-7,12H2,1-2H3;(H2,1,2,3,4). The lowest BCUT2D eigenvalue weighted by atomic mass is 10.0. The van der Waals surface area contributed by atoms with Gasteiger partial charge in [0.1, 0.15) is 0 Å². The van der Waals surface area contributed by atoms with Crippen LogP contribution in [-0.4, -0.2) is 35.8 Å². The van der Waals surface area contributed by atoms with Crippen molar-refractivity contribution in [3.63, 3.8) is 0 Å². The fourth-order valence-corrected chi connectivity index (χ4v) is 1.56. The number of nitrogen functional groups attached to an aromatic ring is 1. The number of benzene rings is 1. The topological polar surface area (TPSA) is 133 Å². The van der Waals surface area contributed by atoms with Gasteiger partial charge in [-0.05, 0) is 43.5 Å². The Bertz CT molecular complexity index is 494. The van der Waals surface area contributed by atoms with Crippen molar-refractivity contribution in [3.8, 4) is 0 Å². The zero-order chi connectivity index (χ0) is 15.1. The summed E-state index contributed by atoms with van der Waals surface area (Å²) < 4.78 is 31.6. The van der Waals surface area contributed by atoms with Gasteiger partial charge in [0.25, 0.3) is 0 Å². The van der Waals surface area contributed by atoms with Crippen LogP contribution in [0.4, 0.5) is 11.4 Å². The highest BCUT2D eigenvalue weighted by atomic mass is 32.3. The summed E-state index contributed by atoms with van der Waals surface area (Å²) in [6.07, 6.45) is 0.652. The summed E-state index contributed by atoms with van der Waals surface area (Å²) in [7, 11) is -4.67. The average Bonchev–Trinajstić information content (AvgIpc) is 2.27. The van der Waals surface area contributed by atoms with E-state index in [1.807, 2.05) is 19.1 Å². The Morgan fingerprint density at radius 3 is 2.26 bits per heavy atom. The van der Waals surface area contributed by atoms with Gasteiger partial charge in [-0.3, -0.25) is 9.11 Å². The third-order valence-electron chi connectivity index (χ3n) is 2.37. The number of anilines is 2. The molecule has 1 aromatic carbocycles. The maximum atomic E-state index is 8.96. The minimum absolute atomic E-state index is 0.155. The normalized spacial score (nSPS) is 10.6. The molecule has 1 rings (SSSR count). The molecule has 1 aromatic rings. The smallest absolute Gasteiger partial charge is 0.394 e. The minimum atomic E-state index is -4.67. The third kappa shape index (κ3) is 7.62. The molecule has 0 amide bonds. The van der Waals surface area contributed by atoms with Crippen LogP contribution in [0.1, 0.15) is 18.1 Å². The Labute approximate surface area is 113 Å². The van der Waals surface area contributed by atoms with Crippen LogP contribution in [0, 0.1) is 6.92 Å². The van der Waals surface area contributed by atoms with Gasteiger partial charge in [0, 0.05) is 24.5 Å². The molecular formula is C11H20N2O5S. The molecule has 0 aliphatic heterocycles. The van der Waals surface area contributed by atoms with E-state index < -0.39 is 10.4 Å². The van der Waals surface area contributed by atoms with Crippen LogP contribution in [0.15, 0.2) is 12.1 Å². The molecule has 0 unspecified atom stereocenters. The Morgan fingerprint density at radius 2 is 1.84 bits per heavy atom. The average molecular weight is 292 g/mol. The van der Waals surface area contributed by atoms with Crippen LogP contribution >= 0.6 is 0 Å². The van der Waals surface area contributed by atoms with E-state index in [1.165, 1.54) is 0 Å². The maximum absolute atomic E-state index is 8.96. The van der Waals surface area contributed by atoms with Gasteiger partial charge in [0.05, 0.1) is 0 Å². The van der Waals surface area contributed by atoms with Crippen LogP contribution in [0.25, 0.3) is 0 Å². The minimum Gasteiger partial charge on any atom is -0.399 e. The van der Waals surface area contributed by atoms with E-state index >= 15 is 0 Å². The van der Waals surface area contributed by atoms with Gasteiger partial charge in [-0.1, -0.05) is 0 Å². The van der Waals surface area contributed by atoms with Crippen molar-refractivity contribution in [2.24, 2.45) is 0 Å². The summed E-state index contributed by atoms with van der Waals surface area (Å²) >= 11 is 0. The number of nitrogens with one attached hydrogen (secondary N) is 1. The summed E-state index contributed by atoms with van der Waals surface area (Å²) in [4.78, 5) is 0. The quantitative estimate of drug-likeness (QED) is 0.411. The van der Waals surface area contributed by atoms with Crippen LogP contribution < -0.4 is 11.1 Å². The van der Waals surface area contributed by atoms with Crippen molar-refractivity contribution in [1.82, 2.24) is 0 Å². The van der Waals surface area contributed by atoms with Gasteiger partial charge < -0.3 is 16.2 Å². The molecular weight excluding hydrogens is 272 g/mol. The molecule has 0 aliphatic carbocycles. The summed E-state index contributed by atoms with van der Waals surface area (Å²) in [5.41, 5.74) is 9.86. The summed E-state index contributed by atoms with van der Waals surface area (Å²) in [5.74, 6) is 0. The molecule has 0 aliphatic rings. The van der Waals surface area contributed by atoms with Crippen molar-refractivity contribution in [2.75, 3.05) is 24.2 Å². The van der Waals surface area contributed by atoms with Gasteiger partial charge in [-0.2, -0.15) is 8.42 Å².